The fourth-order valence-electron chi connectivity index (χ4n) is 6.07. The molecule has 0 aliphatic rings. The number of hydrogen-bond donors (Lipinski definition) is 1. The molecule has 5 aromatic rings. The van der Waals surface area contributed by atoms with Gasteiger partial charge in [0, 0.05) is 0 Å². The Hall–Kier alpha value is -4.39. The first-order chi connectivity index (χ1) is 21.2. The number of phenolic OH excluding ortho intramolecular Hbond substituents is 1. The molecule has 0 unspecified atom stereocenters. The molecule has 1 N–H and O–H groups in total. The zero-order chi connectivity index (χ0) is 29.9. The number of benzene rings is 5. The molecule has 0 aromatic heterocycles. The molecule has 0 radical (unpaired) electrons. The van der Waals surface area contributed by atoms with Gasteiger partial charge in [-0.2, -0.15) is 0 Å². The molecule has 43 heavy (non-hydrogen) atoms. The SMILES string of the molecule is C=CCc1ccc(OCCCC[PH](c2ccccc2)(c2ccccc2)c2ccccc2)c(-c2ccc(O)c(CC=C)c2)c1. The van der Waals surface area contributed by atoms with Gasteiger partial charge in [-0.15, -0.1) is 6.58 Å². The number of phenols is 1. The molecule has 0 bridgehead atoms. The molecule has 2 nitrogen and oxygen atoms in total. The van der Waals surface area contributed by atoms with Crippen LogP contribution in [0, 0.1) is 0 Å². The number of aromatic hydroxyl groups is 1. The molecule has 0 aliphatic carbocycles. The number of unbranched alkanes of at least 4 members (excludes halogenated alkanes) is 1. The minimum atomic E-state index is -2.25. The topological polar surface area (TPSA) is 29.5 Å². The van der Waals surface area contributed by atoms with Crippen LogP contribution in [-0.2, 0) is 12.8 Å². The van der Waals surface area contributed by atoms with E-state index < -0.39 is 7.26 Å². The third-order valence-electron chi connectivity index (χ3n) is 8.18. The van der Waals surface area contributed by atoms with Crippen LogP contribution in [0.25, 0.3) is 11.1 Å². The van der Waals surface area contributed by atoms with Gasteiger partial charge in [-0.05, 0) is 0 Å². The molecule has 0 atom stereocenters. The first-order valence-corrected chi connectivity index (χ1v) is 17.3. The second-order valence-electron chi connectivity index (χ2n) is 11.0. The zero-order valence-electron chi connectivity index (χ0n) is 24.8. The van der Waals surface area contributed by atoms with Gasteiger partial charge in [-0.3, -0.25) is 0 Å². The fourth-order valence-corrected chi connectivity index (χ4v) is 11.0. The Morgan fingerprint density at radius 2 is 1.21 bits per heavy atom. The second-order valence-corrected chi connectivity index (χ2v) is 15.0. The van der Waals surface area contributed by atoms with Crippen LogP contribution in [0.15, 0.2) is 153 Å². The van der Waals surface area contributed by atoms with Gasteiger partial charge in [0.2, 0.25) is 0 Å². The van der Waals surface area contributed by atoms with E-state index >= 15 is 0 Å². The zero-order valence-corrected chi connectivity index (χ0v) is 25.8. The van der Waals surface area contributed by atoms with Gasteiger partial charge in [-0.1, -0.05) is 0 Å². The summed E-state index contributed by atoms with van der Waals surface area (Å²) in [5.41, 5.74) is 4.10. The summed E-state index contributed by atoms with van der Waals surface area (Å²) < 4.78 is 6.49. The van der Waals surface area contributed by atoms with E-state index in [1.165, 1.54) is 21.5 Å². The van der Waals surface area contributed by atoms with Crippen LogP contribution >= 0.6 is 7.26 Å². The van der Waals surface area contributed by atoms with Crippen LogP contribution in [0.2, 0.25) is 0 Å². The van der Waals surface area contributed by atoms with E-state index in [2.05, 4.69) is 122 Å². The predicted octanol–water partition coefficient (Wildman–Crippen LogP) is 8.40. The Labute approximate surface area is 257 Å². The molecular formula is C40H41O2P. The molecule has 3 heteroatoms. The van der Waals surface area contributed by atoms with Crippen LogP contribution in [0.5, 0.6) is 11.5 Å². The van der Waals surface area contributed by atoms with E-state index in [0.717, 1.165) is 47.9 Å². The summed E-state index contributed by atoms with van der Waals surface area (Å²) in [5.74, 6) is 1.15. The van der Waals surface area contributed by atoms with Crippen molar-refractivity contribution in [3.8, 4) is 22.6 Å². The van der Waals surface area contributed by atoms with Crippen molar-refractivity contribution < 1.29 is 9.84 Å². The quantitative estimate of drug-likeness (QED) is 0.0807. The molecule has 0 fully saturated rings. The van der Waals surface area contributed by atoms with E-state index in [0.29, 0.717) is 13.0 Å². The summed E-state index contributed by atoms with van der Waals surface area (Å²) in [6.45, 7) is 8.39. The summed E-state index contributed by atoms with van der Waals surface area (Å²) in [4.78, 5) is 0. The molecular weight excluding hydrogens is 543 g/mol. The molecule has 5 rings (SSSR count). The standard InChI is InChI=1S/C40H41O2P/c1-3-16-32-24-27-40(38(30-32)33-25-26-39(41)34(31-33)17-4-2)42-28-14-15-29-43(35-18-8-5-9-19-35,36-20-10-6-11-21-36)37-22-12-7-13-23-37/h3-13,18-27,30-31,41,43H,1-2,14-17,28-29H2. The Morgan fingerprint density at radius 3 is 1.77 bits per heavy atom. The van der Waals surface area contributed by atoms with Crippen LogP contribution < -0.4 is 20.7 Å². The molecule has 0 heterocycles. The molecule has 0 saturated carbocycles. The van der Waals surface area contributed by atoms with Crippen molar-refractivity contribution in [3.63, 3.8) is 0 Å². The Balaban J connectivity index is 1.38. The van der Waals surface area contributed by atoms with E-state index in [9.17, 15) is 5.11 Å². The van der Waals surface area contributed by atoms with E-state index in [-0.39, 0.29) is 5.75 Å². The summed E-state index contributed by atoms with van der Waals surface area (Å²) in [7, 11) is -2.25. The second kappa shape index (κ2) is 14.7. The molecule has 5 aromatic carbocycles. The van der Waals surface area contributed by atoms with Crippen LogP contribution in [0.1, 0.15) is 24.0 Å². The summed E-state index contributed by atoms with van der Waals surface area (Å²) in [6, 6.07) is 45.4. The Morgan fingerprint density at radius 1 is 0.628 bits per heavy atom. The average molecular weight is 585 g/mol. The van der Waals surface area contributed by atoms with Crippen molar-refractivity contribution in [2.75, 3.05) is 12.8 Å². The van der Waals surface area contributed by atoms with Crippen molar-refractivity contribution in [2.45, 2.75) is 25.7 Å². The third kappa shape index (κ3) is 6.99. The van der Waals surface area contributed by atoms with Crippen molar-refractivity contribution in [1.29, 1.82) is 0 Å². The predicted molar refractivity (Wildman–Crippen MR) is 187 cm³/mol. The van der Waals surface area contributed by atoms with Gasteiger partial charge in [0.1, 0.15) is 0 Å². The van der Waals surface area contributed by atoms with Crippen LogP contribution in [-0.4, -0.2) is 17.9 Å². The number of hydrogen-bond acceptors (Lipinski definition) is 2. The van der Waals surface area contributed by atoms with E-state index in [1.54, 1.807) is 6.07 Å². The number of allylic oxidation sites excluding steroid dienone is 2. The Bertz CT molecular complexity index is 1530. The molecule has 0 saturated heterocycles. The maximum atomic E-state index is 10.3. The molecule has 0 spiro atoms. The van der Waals surface area contributed by atoms with Crippen molar-refractivity contribution in [1.82, 2.24) is 0 Å². The van der Waals surface area contributed by atoms with Gasteiger partial charge in [-0.25, -0.2) is 0 Å². The normalized spacial score (nSPS) is 11.5. The van der Waals surface area contributed by atoms with Gasteiger partial charge >= 0.3 is 251 Å². The van der Waals surface area contributed by atoms with Gasteiger partial charge in [0.05, 0.1) is 0 Å². The van der Waals surface area contributed by atoms with Gasteiger partial charge < -0.3 is 0 Å². The first-order valence-electron chi connectivity index (χ1n) is 15.1. The third-order valence-corrected chi connectivity index (χ3v) is 13.2. The summed E-state index contributed by atoms with van der Waals surface area (Å²) >= 11 is 0. The average Bonchev–Trinajstić information content (AvgIpc) is 3.06. The molecule has 218 valence electrons. The van der Waals surface area contributed by atoms with Crippen LogP contribution in [0.3, 0.4) is 0 Å². The van der Waals surface area contributed by atoms with E-state index in [4.69, 9.17) is 4.74 Å². The Kier molecular flexibility index (Phi) is 10.3. The molecule has 0 aliphatic heterocycles. The fraction of sp³-hybridized carbons (Fsp3) is 0.150. The minimum absolute atomic E-state index is 0.288. The maximum absolute atomic E-state index is 10.3. The number of rotatable bonds is 14. The van der Waals surface area contributed by atoms with Crippen LogP contribution in [0.4, 0.5) is 0 Å². The number of ether oxygens (including phenoxy) is 1. The molecule has 0 amide bonds. The summed E-state index contributed by atoms with van der Waals surface area (Å²) in [5, 5.41) is 14.7. The first kappa shape index (κ1) is 30.1. The van der Waals surface area contributed by atoms with E-state index in [1.807, 2.05) is 24.3 Å². The van der Waals surface area contributed by atoms with Crippen molar-refractivity contribution in [2.24, 2.45) is 0 Å². The van der Waals surface area contributed by atoms with Crippen molar-refractivity contribution in [3.05, 3.63) is 164 Å². The van der Waals surface area contributed by atoms with Gasteiger partial charge in [0.25, 0.3) is 0 Å². The van der Waals surface area contributed by atoms with Crippen molar-refractivity contribution >= 4 is 23.2 Å². The summed E-state index contributed by atoms with van der Waals surface area (Å²) in [6.07, 6.45) is 8.23. The monoisotopic (exact) mass is 584 g/mol. The van der Waals surface area contributed by atoms with Gasteiger partial charge in [0.15, 0.2) is 0 Å².